The van der Waals surface area contributed by atoms with Gasteiger partial charge in [-0.05, 0) is 17.5 Å². The number of aliphatic carboxylic acids is 1. The van der Waals surface area contributed by atoms with Crippen LogP contribution >= 0.6 is 0 Å². The Morgan fingerprint density at radius 2 is 2.17 bits per heavy atom. The first-order valence-corrected chi connectivity index (χ1v) is 6.04. The lowest BCUT2D eigenvalue weighted by Crippen LogP contribution is -2.30. The zero-order valence-corrected chi connectivity index (χ0v) is 10.6. The molecule has 0 bridgehead atoms. The van der Waals surface area contributed by atoms with Gasteiger partial charge in [-0.2, -0.15) is 5.26 Å². The molecule has 0 amide bonds. The number of nitriles is 1. The van der Waals surface area contributed by atoms with E-state index in [9.17, 15) is 4.79 Å². The first kappa shape index (κ1) is 14.2. The average Bonchev–Trinajstić information content (AvgIpc) is 2.35. The third kappa shape index (κ3) is 4.98. The van der Waals surface area contributed by atoms with Gasteiger partial charge in [0.05, 0.1) is 12.6 Å². The Hall–Kier alpha value is -1.86. The predicted molar refractivity (Wildman–Crippen MR) is 69.0 cm³/mol. The van der Waals surface area contributed by atoms with Crippen molar-refractivity contribution in [3.8, 4) is 6.07 Å². The summed E-state index contributed by atoms with van der Waals surface area (Å²) in [6.45, 7) is 3.11. The minimum absolute atomic E-state index is 0.0297. The SMILES string of the molecule is CCc1cccc(CN(CCC#N)CC(=O)O)c1. The molecule has 0 saturated carbocycles. The van der Waals surface area contributed by atoms with Crippen molar-refractivity contribution in [2.24, 2.45) is 0 Å². The number of rotatable bonds is 7. The van der Waals surface area contributed by atoms with Crippen LogP contribution in [0.15, 0.2) is 24.3 Å². The molecule has 0 spiro atoms. The molecular formula is C14H18N2O2. The first-order chi connectivity index (χ1) is 8.65. The number of benzene rings is 1. The highest BCUT2D eigenvalue weighted by molar-refractivity contribution is 5.69. The smallest absolute Gasteiger partial charge is 0.317 e. The fraction of sp³-hybridized carbons (Fsp3) is 0.429. The van der Waals surface area contributed by atoms with Gasteiger partial charge in [0.25, 0.3) is 0 Å². The normalized spacial score (nSPS) is 10.3. The van der Waals surface area contributed by atoms with Gasteiger partial charge >= 0.3 is 5.97 Å². The standard InChI is InChI=1S/C14H18N2O2/c1-2-12-5-3-6-13(9-12)10-16(8-4-7-15)11-14(17)18/h3,5-6,9H,2,4,8,10-11H2,1H3,(H,17,18). The molecule has 1 aromatic carbocycles. The molecular weight excluding hydrogens is 228 g/mol. The van der Waals surface area contributed by atoms with Crippen LogP contribution in [0.3, 0.4) is 0 Å². The molecule has 0 atom stereocenters. The van der Waals surface area contributed by atoms with Gasteiger partial charge in [-0.15, -0.1) is 0 Å². The van der Waals surface area contributed by atoms with Crippen LogP contribution in [0.5, 0.6) is 0 Å². The monoisotopic (exact) mass is 246 g/mol. The van der Waals surface area contributed by atoms with Gasteiger partial charge in [-0.3, -0.25) is 9.69 Å². The van der Waals surface area contributed by atoms with Gasteiger partial charge < -0.3 is 5.11 Å². The van der Waals surface area contributed by atoms with E-state index in [2.05, 4.69) is 19.1 Å². The molecule has 0 unspecified atom stereocenters. The van der Waals surface area contributed by atoms with Crippen LogP contribution in [0.2, 0.25) is 0 Å². The maximum atomic E-state index is 10.8. The lowest BCUT2D eigenvalue weighted by atomic mass is 10.1. The van der Waals surface area contributed by atoms with Crippen LogP contribution < -0.4 is 0 Å². The molecule has 0 fully saturated rings. The van der Waals surface area contributed by atoms with E-state index in [-0.39, 0.29) is 6.54 Å². The van der Waals surface area contributed by atoms with E-state index in [1.165, 1.54) is 5.56 Å². The zero-order valence-electron chi connectivity index (χ0n) is 10.6. The number of carbonyl (C=O) groups is 1. The molecule has 4 heteroatoms. The Balaban J connectivity index is 2.68. The number of hydrogen-bond donors (Lipinski definition) is 1. The van der Waals surface area contributed by atoms with E-state index < -0.39 is 5.97 Å². The van der Waals surface area contributed by atoms with Crippen LogP contribution in [0, 0.1) is 11.3 Å². The lowest BCUT2D eigenvalue weighted by Gasteiger charge is -2.19. The summed E-state index contributed by atoms with van der Waals surface area (Å²) >= 11 is 0. The van der Waals surface area contributed by atoms with Crippen LogP contribution in [-0.2, 0) is 17.8 Å². The Bertz CT molecular complexity index is 438. The highest BCUT2D eigenvalue weighted by Gasteiger charge is 2.10. The van der Waals surface area contributed by atoms with Crippen molar-refractivity contribution in [1.82, 2.24) is 4.90 Å². The minimum atomic E-state index is -0.861. The maximum absolute atomic E-state index is 10.8. The van der Waals surface area contributed by atoms with Crippen LogP contribution in [0.25, 0.3) is 0 Å². The van der Waals surface area contributed by atoms with Crippen molar-refractivity contribution in [3.63, 3.8) is 0 Å². The van der Waals surface area contributed by atoms with Gasteiger partial charge in [0.15, 0.2) is 0 Å². The summed E-state index contributed by atoms with van der Waals surface area (Å²) in [5.74, 6) is -0.861. The number of carboxylic acids is 1. The van der Waals surface area contributed by atoms with E-state index in [1.54, 1.807) is 4.90 Å². The molecule has 4 nitrogen and oxygen atoms in total. The molecule has 18 heavy (non-hydrogen) atoms. The van der Waals surface area contributed by atoms with Crippen LogP contribution in [0.1, 0.15) is 24.5 Å². The van der Waals surface area contributed by atoms with Crippen molar-refractivity contribution in [2.45, 2.75) is 26.3 Å². The third-order valence-electron chi connectivity index (χ3n) is 2.70. The first-order valence-electron chi connectivity index (χ1n) is 6.04. The number of hydrogen-bond acceptors (Lipinski definition) is 3. The zero-order chi connectivity index (χ0) is 13.4. The average molecular weight is 246 g/mol. The van der Waals surface area contributed by atoms with E-state index >= 15 is 0 Å². The number of aryl methyl sites for hydroxylation is 1. The lowest BCUT2D eigenvalue weighted by molar-refractivity contribution is -0.138. The van der Waals surface area contributed by atoms with Crippen molar-refractivity contribution < 1.29 is 9.90 Å². The second kappa shape index (κ2) is 7.46. The molecule has 0 aliphatic rings. The molecule has 0 aromatic heterocycles. The Kier molecular flexibility index (Phi) is 5.89. The highest BCUT2D eigenvalue weighted by Crippen LogP contribution is 2.09. The summed E-state index contributed by atoms with van der Waals surface area (Å²) in [7, 11) is 0. The van der Waals surface area contributed by atoms with Crippen LogP contribution in [-0.4, -0.2) is 29.1 Å². The molecule has 0 saturated heterocycles. The van der Waals surface area contributed by atoms with Gasteiger partial charge in [-0.25, -0.2) is 0 Å². The maximum Gasteiger partial charge on any atom is 0.317 e. The molecule has 96 valence electrons. The summed E-state index contributed by atoms with van der Waals surface area (Å²) in [6, 6.07) is 10.2. The Morgan fingerprint density at radius 1 is 1.44 bits per heavy atom. The molecule has 0 aliphatic heterocycles. The Labute approximate surface area is 107 Å². The largest absolute Gasteiger partial charge is 0.480 e. The number of carboxylic acid groups (broad SMARTS) is 1. The van der Waals surface area contributed by atoms with Gasteiger partial charge in [0, 0.05) is 19.5 Å². The third-order valence-corrected chi connectivity index (χ3v) is 2.70. The van der Waals surface area contributed by atoms with Crippen molar-refractivity contribution in [1.29, 1.82) is 5.26 Å². The van der Waals surface area contributed by atoms with Crippen molar-refractivity contribution in [2.75, 3.05) is 13.1 Å². The summed E-state index contributed by atoms with van der Waals surface area (Å²) in [5, 5.41) is 17.4. The van der Waals surface area contributed by atoms with Crippen molar-refractivity contribution >= 4 is 5.97 Å². The molecule has 0 radical (unpaired) electrons. The topological polar surface area (TPSA) is 64.3 Å². The molecule has 0 aliphatic carbocycles. The number of nitrogens with zero attached hydrogens (tertiary/aromatic N) is 2. The quantitative estimate of drug-likeness (QED) is 0.799. The van der Waals surface area contributed by atoms with Gasteiger partial charge in [-0.1, -0.05) is 31.2 Å². The summed E-state index contributed by atoms with van der Waals surface area (Å²) in [6.07, 6.45) is 1.31. The van der Waals surface area contributed by atoms with Gasteiger partial charge in [0.2, 0.25) is 0 Å². The van der Waals surface area contributed by atoms with Crippen molar-refractivity contribution in [3.05, 3.63) is 35.4 Å². The second-order valence-corrected chi connectivity index (χ2v) is 4.19. The highest BCUT2D eigenvalue weighted by atomic mass is 16.4. The van der Waals surface area contributed by atoms with E-state index in [1.807, 2.05) is 18.2 Å². The fourth-order valence-corrected chi connectivity index (χ4v) is 1.82. The summed E-state index contributed by atoms with van der Waals surface area (Å²) < 4.78 is 0. The predicted octanol–water partition coefficient (Wildman–Crippen LogP) is 2.05. The summed E-state index contributed by atoms with van der Waals surface area (Å²) in [5.41, 5.74) is 2.33. The Morgan fingerprint density at radius 3 is 2.78 bits per heavy atom. The molecule has 1 N–H and O–H groups in total. The molecule has 1 rings (SSSR count). The minimum Gasteiger partial charge on any atom is -0.480 e. The van der Waals surface area contributed by atoms with Gasteiger partial charge in [0.1, 0.15) is 0 Å². The van der Waals surface area contributed by atoms with E-state index in [0.717, 1.165) is 12.0 Å². The van der Waals surface area contributed by atoms with Crippen LogP contribution in [0.4, 0.5) is 0 Å². The molecule has 1 aromatic rings. The summed E-state index contributed by atoms with van der Waals surface area (Å²) in [4.78, 5) is 12.5. The fourth-order valence-electron chi connectivity index (χ4n) is 1.82. The van der Waals surface area contributed by atoms with E-state index in [4.69, 9.17) is 10.4 Å². The van der Waals surface area contributed by atoms with E-state index in [0.29, 0.717) is 19.5 Å². The molecule has 0 heterocycles. The second-order valence-electron chi connectivity index (χ2n) is 4.19.